The molecule has 0 saturated carbocycles. The molecule has 174 valence electrons. The summed E-state index contributed by atoms with van der Waals surface area (Å²) < 4.78 is 10.6. The van der Waals surface area contributed by atoms with Gasteiger partial charge in [-0.3, -0.25) is 9.59 Å². The molecule has 11 heteroatoms. The fraction of sp³-hybridized carbons (Fsp3) is 0.0435. The summed E-state index contributed by atoms with van der Waals surface area (Å²) in [4.78, 5) is 36.4. The van der Waals surface area contributed by atoms with Crippen molar-refractivity contribution in [3.05, 3.63) is 86.9 Å². The van der Waals surface area contributed by atoms with Gasteiger partial charge in [0, 0.05) is 5.02 Å². The van der Waals surface area contributed by atoms with E-state index in [0.717, 1.165) is 0 Å². The van der Waals surface area contributed by atoms with Crippen molar-refractivity contribution < 1.29 is 23.9 Å². The number of rotatable bonds is 6. The number of amides is 2. The van der Waals surface area contributed by atoms with Gasteiger partial charge in [-0.25, -0.2) is 10.2 Å². The fourth-order valence-electron chi connectivity index (χ4n) is 2.62. The van der Waals surface area contributed by atoms with Gasteiger partial charge in [-0.15, -0.1) is 0 Å². The second-order valence-electron chi connectivity index (χ2n) is 6.56. The van der Waals surface area contributed by atoms with Gasteiger partial charge in [-0.05, 0) is 54.1 Å². The first-order valence-electron chi connectivity index (χ1n) is 9.52. The van der Waals surface area contributed by atoms with Gasteiger partial charge in [-0.2, -0.15) is 5.10 Å². The standard InChI is InChI=1S/C23H16Cl3N3O5/c1-33-20-10-13(6-9-19(20)34-23(32)15-4-2-3-5-16(15)25)12-27-29-22(31)21(30)28-18-11-14(24)7-8-17(18)26/h2-12H,1H3,(H,28,30)(H,29,31)/b27-12+. The van der Waals surface area contributed by atoms with E-state index in [4.69, 9.17) is 44.3 Å². The van der Waals surface area contributed by atoms with Crippen LogP contribution in [0.15, 0.2) is 65.8 Å². The molecule has 0 unspecified atom stereocenters. The number of ether oxygens (including phenoxy) is 2. The second kappa shape index (κ2) is 11.5. The number of methoxy groups -OCH3 is 1. The highest BCUT2D eigenvalue weighted by molar-refractivity contribution is 6.42. The summed E-state index contributed by atoms with van der Waals surface area (Å²) in [5, 5.41) is 6.90. The molecule has 0 saturated heterocycles. The number of esters is 1. The molecule has 0 radical (unpaired) electrons. The molecule has 0 aliphatic rings. The summed E-state index contributed by atoms with van der Waals surface area (Å²) in [5.41, 5.74) is 2.98. The monoisotopic (exact) mass is 519 g/mol. The third kappa shape index (κ3) is 6.48. The summed E-state index contributed by atoms with van der Waals surface area (Å²) in [5.74, 6) is -2.26. The van der Waals surface area contributed by atoms with E-state index in [2.05, 4.69) is 15.8 Å². The van der Waals surface area contributed by atoms with E-state index in [1.165, 1.54) is 43.7 Å². The molecule has 0 aliphatic carbocycles. The van der Waals surface area contributed by atoms with Gasteiger partial charge >= 0.3 is 17.8 Å². The van der Waals surface area contributed by atoms with Crippen LogP contribution in [0.5, 0.6) is 11.5 Å². The lowest BCUT2D eigenvalue weighted by molar-refractivity contribution is -0.136. The lowest BCUT2D eigenvalue weighted by Gasteiger charge is -2.10. The Morgan fingerprint density at radius 1 is 0.882 bits per heavy atom. The number of hydrogen-bond acceptors (Lipinski definition) is 6. The predicted molar refractivity (Wildman–Crippen MR) is 130 cm³/mol. The summed E-state index contributed by atoms with van der Waals surface area (Å²) >= 11 is 17.8. The highest BCUT2D eigenvalue weighted by Gasteiger charge is 2.16. The van der Waals surface area contributed by atoms with Crippen LogP contribution < -0.4 is 20.2 Å². The third-order valence-electron chi connectivity index (χ3n) is 4.25. The van der Waals surface area contributed by atoms with E-state index in [-0.39, 0.29) is 32.8 Å². The number of halogens is 3. The van der Waals surface area contributed by atoms with Gasteiger partial charge in [0.1, 0.15) is 0 Å². The first-order valence-corrected chi connectivity index (χ1v) is 10.7. The predicted octanol–water partition coefficient (Wildman–Crippen LogP) is 4.96. The maximum absolute atomic E-state index is 12.4. The highest BCUT2D eigenvalue weighted by Crippen LogP contribution is 2.29. The van der Waals surface area contributed by atoms with Crippen LogP contribution in [0.1, 0.15) is 15.9 Å². The highest BCUT2D eigenvalue weighted by atomic mass is 35.5. The average molecular weight is 521 g/mol. The van der Waals surface area contributed by atoms with Crippen LogP contribution in [0, 0.1) is 0 Å². The van der Waals surface area contributed by atoms with Gasteiger partial charge < -0.3 is 14.8 Å². The molecule has 8 nitrogen and oxygen atoms in total. The van der Waals surface area contributed by atoms with E-state index in [0.29, 0.717) is 10.6 Å². The van der Waals surface area contributed by atoms with Crippen LogP contribution >= 0.6 is 34.8 Å². The Kier molecular flexibility index (Phi) is 8.48. The van der Waals surface area contributed by atoms with Gasteiger partial charge in [0.05, 0.1) is 34.6 Å². The zero-order valence-electron chi connectivity index (χ0n) is 17.5. The van der Waals surface area contributed by atoms with Crippen molar-refractivity contribution in [2.24, 2.45) is 5.10 Å². The van der Waals surface area contributed by atoms with Crippen molar-refractivity contribution in [2.45, 2.75) is 0 Å². The minimum Gasteiger partial charge on any atom is -0.493 e. The molecule has 3 aromatic rings. The minimum absolute atomic E-state index is 0.159. The number of hydrogen-bond donors (Lipinski definition) is 2. The molecule has 0 aromatic heterocycles. The van der Waals surface area contributed by atoms with E-state index >= 15 is 0 Å². The molecule has 3 aromatic carbocycles. The Hall–Kier alpha value is -3.59. The quantitative estimate of drug-likeness (QED) is 0.157. The molecule has 3 rings (SSSR count). The Morgan fingerprint density at radius 2 is 1.65 bits per heavy atom. The van der Waals surface area contributed by atoms with Crippen LogP contribution in [0.2, 0.25) is 15.1 Å². The topological polar surface area (TPSA) is 106 Å². The van der Waals surface area contributed by atoms with Crippen LogP contribution in [0.25, 0.3) is 0 Å². The maximum Gasteiger partial charge on any atom is 0.345 e. The Bertz CT molecular complexity index is 1280. The largest absolute Gasteiger partial charge is 0.493 e. The molecule has 2 amide bonds. The number of hydrazone groups is 1. The molecular weight excluding hydrogens is 505 g/mol. The minimum atomic E-state index is -1.02. The first-order chi connectivity index (χ1) is 16.3. The number of nitrogens with one attached hydrogen (secondary N) is 2. The number of carbonyl (C=O) groups is 3. The Balaban J connectivity index is 1.63. The summed E-state index contributed by atoms with van der Waals surface area (Å²) in [6.45, 7) is 0. The molecule has 34 heavy (non-hydrogen) atoms. The van der Waals surface area contributed by atoms with Crippen molar-refractivity contribution in [3.8, 4) is 11.5 Å². The summed E-state index contributed by atoms with van der Waals surface area (Å²) in [6, 6.07) is 15.5. The van der Waals surface area contributed by atoms with E-state index in [9.17, 15) is 14.4 Å². The SMILES string of the molecule is COc1cc(/C=N/NC(=O)C(=O)Nc2cc(Cl)ccc2Cl)ccc1OC(=O)c1ccccc1Cl. The van der Waals surface area contributed by atoms with Gasteiger partial charge in [-0.1, -0.05) is 46.9 Å². The summed E-state index contributed by atoms with van der Waals surface area (Å²) in [7, 11) is 1.40. The number of anilines is 1. The molecule has 2 N–H and O–H groups in total. The fourth-order valence-corrected chi connectivity index (χ4v) is 3.17. The lowest BCUT2D eigenvalue weighted by Crippen LogP contribution is -2.32. The van der Waals surface area contributed by atoms with Crippen LogP contribution in [-0.4, -0.2) is 31.1 Å². The van der Waals surface area contributed by atoms with E-state index in [1.807, 2.05) is 0 Å². The molecule has 0 bridgehead atoms. The van der Waals surface area contributed by atoms with E-state index in [1.54, 1.807) is 30.3 Å². The number of nitrogens with zero attached hydrogens (tertiary/aromatic N) is 1. The number of benzene rings is 3. The zero-order valence-corrected chi connectivity index (χ0v) is 19.7. The lowest BCUT2D eigenvalue weighted by atomic mass is 10.2. The van der Waals surface area contributed by atoms with Crippen LogP contribution in [0.3, 0.4) is 0 Å². The van der Waals surface area contributed by atoms with Crippen LogP contribution in [0.4, 0.5) is 5.69 Å². The van der Waals surface area contributed by atoms with Crippen molar-refractivity contribution in [2.75, 3.05) is 12.4 Å². The van der Waals surface area contributed by atoms with Crippen molar-refractivity contribution in [3.63, 3.8) is 0 Å². The van der Waals surface area contributed by atoms with Crippen LogP contribution in [-0.2, 0) is 9.59 Å². The molecular formula is C23H16Cl3N3O5. The third-order valence-corrected chi connectivity index (χ3v) is 5.14. The second-order valence-corrected chi connectivity index (χ2v) is 7.81. The number of carbonyl (C=O) groups excluding carboxylic acids is 3. The Morgan fingerprint density at radius 3 is 2.38 bits per heavy atom. The van der Waals surface area contributed by atoms with Gasteiger partial charge in [0.15, 0.2) is 11.5 Å². The van der Waals surface area contributed by atoms with E-state index < -0.39 is 17.8 Å². The van der Waals surface area contributed by atoms with Crippen molar-refractivity contribution in [1.29, 1.82) is 0 Å². The molecule has 0 atom stereocenters. The molecule has 0 fully saturated rings. The van der Waals surface area contributed by atoms with Crippen molar-refractivity contribution in [1.82, 2.24) is 5.43 Å². The smallest absolute Gasteiger partial charge is 0.345 e. The maximum atomic E-state index is 12.4. The average Bonchev–Trinajstić information content (AvgIpc) is 2.82. The molecule has 0 aliphatic heterocycles. The normalized spacial score (nSPS) is 10.6. The molecule has 0 spiro atoms. The van der Waals surface area contributed by atoms with Gasteiger partial charge in [0.25, 0.3) is 0 Å². The summed E-state index contributed by atoms with van der Waals surface area (Å²) in [6.07, 6.45) is 1.28. The molecule has 0 heterocycles. The Labute approximate surface area is 209 Å². The van der Waals surface area contributed by atoms with Gasteiger partial charge in [0.2, 0.25) is 0 Å². The first kappa shape index (κ1) is 25.0. The van der Waals surface area contributed by atoms with Crippen molar-refractivity contribution >= 4 is 64.5 Å². The zero-order chi connectivity index (χ0) is 24.7.